The highest BCUT2D eigenvalue weighted by Gasteiger charge is 2.22. The molecule has 0 aliphatic carbocycles. The SMILES string of the molecule is O=C1Nc2ccccc2C(Nc2ccccc2)C=C1O. The lowest BCUT2D eigenvalue weighted by atomic mass is 10.0. The highest BCUT2D eigenvalue weighted by atomic mass is 16.3. The second kappa shape index (κ2) is 5.09. The summed E-state index contributed by atoms with van der Waals surface area (Å²) in [4.78, 5) is 11.7. The number of para-hydroxylation sites is 2. The van der Waals surface area contributed by atoms with Crippen LogP contribution in [-0.4, -0.2) is 11.0 Å². The van der Waals surface area contributed by atoms with Crippen LogP contribution in [0.1, 0.15) is 11.6 Å². The predicted molar refractivity (Wildman–Crippen MR) is 78.6 cm³/mol. The first-order valence-corrected chi connectivity index (χ1v) is 6.37. The second-order valence-corrected chi connectivity index (χ2v) is 4.58. The Morgan fingerprint density at radius 2 is 1.70 bits per heavy atom. The van der Waals surface area contributed by atoms with Gasteiger partial charge in [0.2, 0.25) is 0 Å². The Kier molecular flexibility index (Phi) is 3.13. The van der Waals surface area contributed by atoms with Gasteiger partial charge in [-0.1, -0.05) is 36.4 Å². The lowest BCUT2D eigenvalue weighted by Crippen LogP contribution is -2.12. The van der Waals surface area contributed by atoms with Crippen LogP contribution in [0.2, 0.25) is 0 Å². The number of aliphatic hydroxyl groups excluding tert-OH is 1. The fourth-order valence-corrected chi connectivity index (χ4v) is 2.23. The van der Waals surface area contributed by atoms with E-state index in [9.17, 15) is 9.90 Å². The van der Waals surface area contributed by atoms with Crippen molar-refractivity contribution in [2.24, 2.45) is 0 Å². The number of hydrogen-bond donors (Lipinski definition) is 3. The number of nitrogens with one attached hydrogen (secondary N) is 2. The van der Waals surface area contributed by atoms with Crippen LogP contribution in [0.3, 0.4) is 0 Å². The van der Waals surface area contributed by atoms with E-state index in [1.807, 2.05) is 54.6 Å². The zero-order valence-electron chi connectivity index (χ0n) is 10.7. The van der Waals surface area contributed by atoms with Crippen molar-refractivity contribution in [2.45, 2.75) is 6.04 Å². The Morgan fingerprint density at radius 3 is 2.50 bits per heavy atom. The Morgan fingerprint density at radius 1 is 1.00 bits per heavy atom. The van der Waals surface area contributed by atoms with Crippen LogP contribution in [0, 0.1) is 0 Å². The van der Waals surface area contributed by atoms with Crippen LogP contribution >= 0.6 is 0 Å². The summed E-state index contributed by atoms with van der Waals surface area (Å²) in [6, 6.07) is 16.9. The molecule has 3 rings (SSSR count). The molecule has 1 amide bonds. The predicted octanol–water partition coefficient (Wildman–Crippen LogP) is 3.23. The molecule has 4 nitrogen and oxygen atoms in total. The van der Waals surface area contributed by atoms with E-state index in [0.717, 1.165) is 11.3 Å². The first-order chi connectivity index (χ1) is 9.74. The van der Waals surface area contributed by atoms with E-state index >= 15 is 0 Å². The summed E-state index contributed by atoms with van der Waals surface area (Å²) < 4.78 is 0. The van der Waals surface area contributed by atoms with Crippen molar-refractivity contribution in [2.75, 3.05) is 10.6 Å². The van der Waals surface area contributed by atoms with Crippen LogP contribution in [0.25, 0.3) is 0 Å². The Hall–Kier alpha value is -2.75. The molecule has 0 saturated heterocycles. The minimum Gasteiger partial charge on any atom is -0.503 e. The van der Waals surface area contributed by atoms with Crippen molar-refractivity contribution < 1.29 is 9.90 Å². The first kappa shape index (κ1) is 12.3. The van der Waals surface area contributed by atoms with E-state index in [0.29, 0.717) is 5.69 Å². The van der Waals surface area contributed by atoms with Crippen LogP contribution in [0.4, 0.5) is 11.4 Å². The Labute approximate surface area is 116 Å². The van der Waals surface area contributed by atoms with Crippen LogP contribution in [0.5, 0.6) is 0 Å². The molecule has 2 aromatic rings. The topological polar surface area (TPSA) is 61.4 Å². The van der Waals surface area contributed by atoms with Crippen molar-refractivity contribution in [1.82, 2.24) is 0 Å². The van der Waals surface area contributed by atoms with E-state index in [4.69, 9.17) is 0 Å². The molecule has 20 heavy (non-hydrogen) atoms. The van der Waals surface area contributed by atoms with Gasteiger partial charge in [-0.25, -0.2) is 0 Å². The number of carbonyl (C=O) groups excluding carboxylic acids is 1. The van der Waals surface area contributed by atoms with Gasteiger partial charge in [0.25, 0.3) is 5.91 Å². The zero-order valence-corrected chi connectivity index (χ0v) is 10.7. The molecular formula is C16H14N2O2. The maximum Gasteiger partial charge on any atom is 0.290 e. The van der Waals surface area contributed by atoms with Gasteiger partial charge in [0.1, 0.15) is 0 Å². The lowest BCUT2D eigenvalue weighted by molar-refractivity contribution is -0.115. The van der Waals surface area contributed by atoms with E-state index in [2.05, 4.69) is 10.6 Å². The minimum absolute atomic E-state index is 0.271. The van der Waals surface area contributed by atoms with Gasteiger partial charge in [0, 0.05) is 16.9 Å². The monoisotopic (exact) mass is 266 g/mol. The summed E-state index contributed by atoms with van der Waals surface area (Å²) in [6.07, 6.45) is 1.52. The van der Waals surface area contributed by atoms with Crippen LogP contribution < -0.4 is 10.6 Å². The maximum absolute atomic E-state index is 11.7. The molecule has 1 heterocycles. The number of fused-ring (bicyclic) bond motifs is 1. The van der Waals surface area contributed by atoms with E-state index in [1.54, 1.807) is 0 Å². The molecule has 0 bridgehead atoms. The molecule has 0 spiro atoms. The van der Waals surface area contributed by atoms with E-state index in [1.165, 1.54) is 6.08 Å². The van der Waals surface area contributed by atoms with Crippen LogP contribution in [0.15, 0.2) is 66.4 Å². The van der Waals surface area contributed by atoms with Crippen molar-refractivity contribution >= 4 is 17.3 Å². The molecular weight excluding hydrogens is 252 g/mol. The number of rotatable bonds is 2. The third-order valence-corrected chi connectivity index (χ3v) is 3.20. The zero-order chi connectivity index (χ0) is 13.9. The Bertz CT molecular complexity index is 665. The average molecular weight is 266 g/mol. The molecule has 100 valence electrons. The van der Waals surface area contributed by atoms with Crippen molar-refractivity contribution in [3.8, 4) is 0 Å². The summed E-state index contributed by atoms with van der Waals surface area (Å²) in [5.74, 6) is -0.774. The van der Waals surface area contributed by atoms with E-state index < -0.39 is 5.91 Å². The summed E-state index contributed by atoms with van der Waals surface area (Å²) in [5.41, 5.74) is 2.53. The second-order valence-electron chi connectivity index (χ2n) is 4.58. The molecule has 2 aromatic carbocycles. The number of benzene rings is 2. The number of carbonyl (C=O) groups is 1. The van der Waals surface area contributed by atoms with E-state index in [-0.39, 0.29) is 11.8 Å². The van der Waals surface area contributed by atoms with Gasteiger partial charge < -0.3 is 15.7 Å². The third-order valence-electron chi connectivity index (χ3n) is 3.20. The molecule has 3 N–H and O–H groups in total. The normalized spacial score (nSPS) is 17.5. The van der Waals surface area contributed by atoms with Crippen molar-refractivity contribution in [3.05, 3.63) is 72.0 Å². The van der Waals surface area contributed by atoms with Crippen molar-refractivity contribution in [1.29, 1.82) is 0 Å². The summed E-state index contributed by atoms with van der Waals surface area (Å²) in [7, 11) is 0. The summed E-state index contributed by atoms with van der Waals surface area (Å²) in [5, 5.41) is 15.8. The fraction of sp³-hybridized carbons (Fsp3) is 0.0625. The van der Waals surface area contributed by atoms with Gasteiger partial charge in [0.15, 0.2) is 5.76 Å². The molecule has 0 fully saturated rings. The molecule has 1 unspecified atom stereocenters. The highest BCUT2D eigenvalue weighted by molar-refractivity contribution is 6.03. The smallest absolute Gasteiger partial charge is 0.290 e. The maximum atomic E-state index is 11.7. The largest absolute Gasteiger partial charge is 0.503 e. The molecule has 0 radical (unpaired) electrons. The van der Waals surface area contributed by atoms with Crippen molar-refractivity contribution in [3.63, 3.8) is 0 Å². The quantitative estimate of drug-likeness (QED) is 0.782. The number of hydrogen-bond acceptors (Lipinski definition) is 3. The van der Waals surface area contributed by atoms with Gasteiger partial charge in [-0.3, -0.25) is 4.79 Å². The molecule has 0 saturated carbocycles. The third kappa shape index (κ3) is 2.36. The number of amides is 1. The van der Waals surface area contributed by atoms with Gasteiger partial charge in [0.05, 0.1) is 6.04 Å². The molecule has 0 aromatic heterocycles. The molecule has 1 atom stereocenters. The molecule has 1 aliphatic heterocycles. The molecule has 4 heteroatoms. The number of anilines is 2. The Balaban J connectivity index is 2.01. The minimum atomic E-state index is -0.491. The summed E-state index contributed by atoms with van der Waals surface area (Å²) in [6.45, 7) is 0. The average Bonchev–Trinajstić information content (AvgIpc) is 2.58. The summed E-state index contributed by atoms with van der Waals surface area (Å²) >= 11 is 0. The highest BCUT2D eigenvalue weighted by Crippen LogP contribution is 2.30. The fourth-order valence-electron chi connectivity index (χ4n) is 2.23. The first-order valence-electron chi connectivity index (χ1n) is 6.37. The number of aliphatic hydroxyl groups is 1. The van der Waals surface area contributed by atoms with Gasteiger partial charge in [-0.15, -0.1) is 0 Å². The van der Waals surface area contributed by atoms with Gasteiger partial charge in [-0.05, 0) is 24.3 Å². The lowest BCUT2D eigenvalue weighted by Gasteiger charge is -2.17. The van der Waals surface area contributed by atoms with Crippen LogP contribution in [-0.2, 0) is 4.79 Å². The standard InChI is InChI=1S/C16H14N2O2/c19-15-10-14(17-11-6-2-1-3-7-11)12-8-4-5-9-13(12)18-16(15)20/h1-10,14,17,19H,(H,18,20). The van der Waals surface area contributed by atoms with Gasteiger partial charge >= 0.3 is 0 Å². The molecule has 1 aliphatic rings. The van der Waals surface area contributed by atoms with Gasteiger partial charge in [-0.2, -0.15) is 0 Å².